The Kier molecular flexibility index (Phi) is 19.1. The zero-order valence-electron chi connectivity index (χ0n) is 36.7. The van der Waals surface area contributed by atoms with E-state index in [1.165, 1.54) is 50.7 Å². The lowest BCUT2D eigenvalue weighted by Gasteiger charge is -2.60. The number of nitro groups is 1. The Morgan fingerprint density at radius 3 is 2.30 bits per heavy atom. The number of benzene rings is 2. The molecule has 336 valence electrons. The molecule has 3 aliphatic rings. The van der Waals surface area contributed by atoms with E-state index in [-0.39, 0.29) is 61.5 Å². The summed E-state index contributed by atoms with van der Waals surface area (Å²) in [6, 6.07) is 10.9. The van der Waals surface area contributed by atoms with Crippen molar-refractivity contribution in [2.45, 2.75) is 154 Å². The molecule has 0 saturated heterocycles. The monoisotopic (exact) mass is 846 g/mol. The van der Waals surface area contributed by atoms with Crippen molar-refractivity contribution < 1.29 is 39.3 Å². The second-order valence-electron chi connectivity index (χ2n) is 17.2. The van der Waals surface area contributed by atoms with Crippen LogP contribution in [0.5, 0.6) is 11.5 Å². The highest BCUT2D eigenvalue weighted by Gasteiger charge is 2.65. The van der Waals surface area contributed by atoms with E-state index in [1.807, 2.05) is 11.0 Å². The van der Waals surface area contributed by atoms with Crippen LogP contribution in [0, 0.1) is 27.9 Å². The Balaban J connectivity index is 1.60. The molecule has 1 aliphatic heterocycles. The van der Waals surface area contributed by atoms with Crippen molar-refractivity contribution in [1.82, 2.24) is 4.90 Å². The number of carbonyl (C=O) groups is 1. The Labute approximate surface area is 363 Å². The molecule has 0 spiro atoms. The maximum Gasteiger partial charge on any atom is 0.269 e. The number of phenolic OH excluding ortho intramolecular Hbond substituents is 1. The van der Waals surface area contributed by atoms with E-state index in [9.17, 15) is 30.2 Å². The molecule has 0 unspecified atom stereocenters. The number of ether oxygens (including phenoxy) is 2. The molecule has 61 heavy (non-hydrogen) atoms. The van der Waals surface area contributed by atoms with Gasteiger partial charge in [0.05, 0.1) is 23.2 Å². The van der Waals surface area contributed by atoms with Gasteiger partial charge < -0.3 is 34.5 Å². The van der Waals surface area contributed by atoms with Crippen molar-refractivity contribution in [3.63, 3.8) is 0 Å². The fourth-order valence-corrected chi connectivity index (χ4v) is 9.98. The van der Waals surface area contributed by atoms with Crippen molar-refractivity contribution in [2.24, 2.45) is 22.9 Å². The van der Waals surface area contributed by atoms with Crippen LogP contribution >= 0.6 is 0 Å². The number of rotatable bonds is 28. The molecule has 12 heteroatoms. The summed E-state index contributed by atoms with van der Waals surface area (Å²) in [6.07, 6.45) is 20.3. The summed E-state index contributed by atoms with van der Waals surface area (Å²) in [5.74, 6) is -1.15. The number of fused-ring (bicyclic) bond motifs is 2. The predicted molar refractivity (Wildman–Crippen MR) is 238 cm³/mol. The normalized spacial score (nSPS) is 23.4. The van der Waals surface area contributed by atoms with Gasteiger partial charge >= 0.3 is 0 Å². The molecular formula is C49H71N3O9. The summed E-state index contributed by atoms with van der Waals surface area (Å²) in [5.41, 5.74) is 3.18. The van der Waals surface area contributed by atoms with Crippen LogP contribution in [-0.2, 0) is 21.0 Å². The minimum Gasteiger partial charge on any atom is -0.508 e. The second-order valence-corrected chi connectivity index (χ2v) is 17.2. The van der Waals surface area contributed by atoms with Crippen LogP contribution in [0.15, 0.2) is 71.9 Å². The molecule has 1 fully saturated rings. The van der Waals surface area contributed by atoms with Crippen molar-refractivity contribution in [3.05, 3.63) is 88.0 Å². The third kappa shape index (κ3) is 12.2. The summed E-state index contributed by atoms with van der Waals surface area (Å²) in [5, 5.41) is 46.9. The van der Waals surface area contributed by atoms with Gasteiger partial charge in [0, 0.05) is 56.2 Å². The number of unbranched alkanes of at least 4 members (excludes halogenated alkanes) is 10. The van der Waals surface area contributed by atoms with E-state index in [0.29, 0.717) is 43.7 Å². The minimum absolute atomic E-state index is 0.00746. The van der Waals surface area contributed by atoms with Crippen LogP contribution in [0.4, 0.5) is 5.69 Å². The number of carbonyl (C=O) groups excluding carboxylic acids is 1. The zero-order chi connectivity index (χ0) is 43.6. The Morgan fingerprint density at radius 2 is 1.64 bits per heavy atom. The molecule has 5 rings (SSSR count). The van der Waals surface area contributed by atoms with E-state index >= 15 is 0 Å². The van der Waals surface area contributed by atoms with E-state index in [4.69, 9.17) is 19.5 Å². The molecule has 1 saturated carbocycles. The molecule has 1 amide bonds. The highest BCUT2D eigenvalue weighted by atomic mass is 16.7. The number of oxime groups is 1. The van der Waals surface area contributed by atoms with Crippen molar-refractivity contribution in [1.29, 1.82) is 0 Å². The summed E-state index contributed by atoms with van der Waals surface area (Å²) < 4.78 is 14.3. The van der Waals surface area contributed by atoms with Gasteiger partial charge in [-0.3, -0.25) is 14.9 Å². The molecule has 12 nitrogen and oxygen atoms in total. The summed E-state index contributed by atoms with van der Waals surface area (Å²) >= 11 is 0. The topological polar surface area (TPSA) is 164 Å². The minimum atomic E-state index is -1.35. The molecule has 6 atom stereocenters. The zero-order valence-corrected chi connectivity index (χ0v) is 36.7. The Morgan fingerprint density at radius 1 is 0.951 bits per heavy atom. The molecular weight excluding hydrogens is 775 g/mol. The number of hydrogen-bond donors (Lipinski definition) is 3. The fourth-order valence-electron chi connectivity index (χ4n) is 9.98. The number of aliphatic hydroxyl groups is 2. The van der Waals surface area contributed by atoms with Gasteiger partial charge in [-0.15, -0.1) is 6.58 Å². The number of non-ortho nitro benzene ring substituents is 1. The van der Waals surface area contributed by atoms with Crippen LogP contribution in [0.2, 0.25) is 0 Å². The average molecular weight is 846 g/mol. The highest BCUT2D eigenvalue weighted by molar-refractivity contribution is 6.03. The smallest absolute Gasteiger partial charge is 0.269 e. The Hall–Kier alpha value is -4.26. The first kappa shape index (κ1) is 47.8. The predicted octanol–water partition coefficient (Wildman–Crippen LogP) is 10.3. The summed E-state index contributed by atoms with van der Waals surface area (Å²) in [6.45, 7) is 9.25. The lowest BCUT2D eigenvalue weighted by Crippen LogP contribution is -2.70. The lowest BCUT2D eigenvalue weighted by molar-refractivity contribution is -0.384. The lowest BCUT2D eigenvalue weighted by atomic mass is 9.55. The molecule has 0 bridgehead atoms. The first-order chi connectivity index (χ1) is 29.7. The van der Waals surface area contributed by atoms with E-state index < -0.39 is 22.7 Å². The SMILES string of the molecule is C=CCO[C@@]12Oc3ccc(O)cc3[C@H]3[C@H](CCCCO)[C@@H](CCCCO)C=C(C(=NOCc4ccc([N+](=O)[O-])cc4)C[C@@H]1N(CCC)C(=O)CCCCCCCCCCC)[C@H]32. The third-order valence-electron chi connectivity index (χ3n) is 12.9. The fraction of sp³-hybridized carbons (Fsp3) is 0.633. The number of amides is 1. The van der Waals surface area contributed by atoms with Gasteiger partial charge in [0.2, 0.25) is 11.7 Å². The van der Waals surface area contributed by atoms with Gasteiger partial charge in [-0.05, 0) is 91.8 Å². The largest absolute Gasteiger partial charge is 0.508 e. The molecule has 1 heterocycles. The van der Waals surface area contributed by atoms with Crippen molar-refractivity contribution in [2.75, 3.05) is 26.4 Å². The molecule has 2 aromatic rings. The number of aromatic hydroxyl groups is 1. The van der Waals surface area contributed by atoms with Crippen LogP contribution < -0.4 is 4.74 Å². The molecule has 2 aromatic carbocycles. The van der Waals surface area contributed by atoms with Crippen LogP contribution in [0.1, 0.15) is 146 Å². The van der Waals surface area contributed by atoms with E-state index in [0.717, 1.165) is 68.1 Å². The second kappa shape index (κ2) is 24.4. The van der Waals surface area contributed by atoms with Gasteiger partial charge in [-0.2, -0.15) is 0 Å². The van der Waals surface area contributed by atoms with Crippen LogP contribution in [0.3, 0.4) is 0 Å². The van der Waals surface area contributed by atoms with Crippen molar-refractivity contribution >= 4 is 17.3 Å². The number of aliphatic hydroxyl groups excluding tert-OH is 2. The summed E-state index contributed by atoms with van der Waals surface area (Å²) in [4.78, 5) is 33.6. The maximum atomic E-state index is 14.7. The Bertz CT molecular complexity index is 1760. The summed E-state index contributed by atoms with van der Waals surface area (Å²) in [7, 11) is 0. The quantitative estimate of drug-likeness (QED) is 0.0327. The number of hydrogen-bond acceptors (Lipinski definition) is 10. The average Bonchev–Trinajstić information content (AvgIpc) is 3.26. The first-order valence-corrected chi connectivity index (χ1v) is 23.1. The first-order valence-electron chi connectivity index (χ1n) is 23.1. The number of nitro benzene ring substituents is 1. The van der Waals surface area contributed by atoms with E-state index in [2.05, 4.69) is 26.5 Å². The van der Waals surface area contributed by atoms with Gasteiger partial charge in [0.15, 0.2) is 0 Å². The van der Waals surface area contributed by atoms with Gasteiger partial charge in [0.25, 0.3) is 5.69 Å². The molecule has 3 N–H and O–H groups in total. The van der Waals surface area contributed by atoms with Gasteiger partial charge in [0.1, 0.15) is 24.1 Å². The van der Waals surface area contributed by atoms with Gasteiger partial charge in [-0.1, -0.05) is 95.4 Å². The van der Waals surface area contributed by atoms with Crippen LogP contribution in [-0.4, -0.2) is 75.0 Å². The molecule has 2 aliphatic carbocycles. The van der Waals surface area contributed by atoms with E-state index in [1.54, 1.807) is 30.3 Å². The maximum absolute atomic E-state index is 14.7. The van der Waals surface area contributed by atoms with Gasteiger partial charge in [-0.25, -0.2) is 0 Å². The number of nitrogens with zero attached hydrogens (tertiary/aromatic N) is 3. The molecule has 0 aromatic heterocycles. The number of allylic oxidation sites excluding steroid dienone is 1. The highest BCUT2D eigenvalue weighted by Crippen LogP contribution is 2.62. The van der Waals surface area contributed by atoms with Crippen LogP contribution in [0.25, 0.3) is 0 Å². The standard InChI is InChI=1S/C49H71N3O9/c1-4-7-8-9-10-11-12-13-14-21-46(56)51(28-5-2)45-34-43(50-60-35-36-22-24-38(25-23-36)52(57)58)41-32-37(19-15-17-29-53)40(20-16-18-30-54)47-42-33-39(55)26-27-44(42)61-49(45,48(41)47)59-31-6-3/h6,22-27,32-33,37,40,45,47-48,53-55H,3-5,7-21,28-31,34-35H2,1-2H3/t37-,40+,45-,47+,48+,49+/m0/s1. The molecule has 0 radical (unpaired) electrons. The third-order valence-corrected chi connectivity index (χ3v) is 12.9. The van der Waals surface area contributed by atoms with Crippen molar-refractivity contribution in [3.8, 4) is 11.5 Å². The number of phenols is 1.